The summed E-state index contributed by atoms with van der Waals surface area (Å²) in [6, 6.07) is 0.848. The number of aromatic nitrogens is 3. The van der Waals surface area contributed by atoms with Crippen molar-refractivity contribution in [3.63, 3.8) is 0 Å². The monoisotopic (exact) mass is 350 g/mol. The van der Waals surface area contributed by atoms with Gasteiger partial charge in [-0.1, -0.05) is 38.5 Å². The normalized spacial score (nSPS) is 19.7. The number of hydroxylamine groups is 2. The van der Waals surface area contributed by atoms with Crippen LogP contribution in [0.5, 0.6) is 0 Å². The van der Waals surface area contributed by atoms with Crippen LogP contribution >= 0.6 is 0 Å². The van der Waals surface area contributed by atoms with Crippen LogP contribution < -0.4 is 15.0 Å². The SMILES string of the molecule is CN(O)c1nc(N(C)O)nc(N(C2CCCCC2)C2CCCCC2)n1. The molecular weight excluding hydrogens is 320 g/mol. The largest absolute Gasteiger partial charge is 0.335 e. The maximum atomic E-state index is 9.82. The Balaban J connectivity index is 1.98. The highest BCUT2D eigenvalue weighted by Gasteiger charge is 2.32. The van der Waals surface area contributed by atoms with Crippen molar-refractivity contribution in [1.82, 2.24) is 15.0 Å². The van der Waals surface area contributed by atoms with Gasteiger partial charge in [0.1, 0.15) is 0 Å². The van der Waals surface area contributed by atoms with E-state index in [-0.39, 0.29) is 11.9 Å². The van der Waals surface area contributed by atoms with Crippen molar-refractivity contribution in [3.05, 3.63) is 0 Å². The second kappa shape index (κ2) is 8.14. The van der Waals surface area contributed by atoms with Crippen molar-refractivity contribution in [1.29, 1.82) is 0 Å². The van der Waals surface area contributed by atoms with Gasteiger partial charge in [-0.15, -0.1) is 0 Å². The second-order valence-corrected chi connectivity index (χ2v) is 7.27. The van der Waals surface area contributed by atoms with Crippen LogP contribution in [0.3, 0.4) is 0 Å². The van der Waals surface area contributed by atoms with Crippen molar-refractivity contribution < 1.29 is 10.4 Å². The van der Waals surface area contributed by atoms with Crippen LogP contribution in [0.15, 0.2) is 0 Å². The van der Waals surface area contributed by atoms with Crippen molar-refractivity contribution in [3.8, 4) is 0 Å². The minimum Gasteiger partial charge on any atom is -0.335 e. The molecule has 0 aromatic carbocycles. The summed E-state index contributed by atoms with van der Waals surface area (Å²) in [5, 5.41) is 21.4. The Morgan fingerprint density at radius 3 is 1.36 bits per heavy atom. The van der Waals surface area contributed by atoms with E-state index in [2.05, 4.69) is 19.9 Å². The molecule has 0 saturated heterocycles. The average Bonchev–Trinajstić information content (AvgIpc) is 2.63. The van der Waals surface area contributed by atoms with Crippen molar-refractivity contribution >= 4 is 17.8 Å². The van der Waals surface area contributed by atoms with Crippen LogP contribution in [0.25, 0.3) is 0 Å². The van der Waals surface area contributed by atoms with Crippen LogP contribution in [-0.2, 0) is 0 Å². The maximum absolute atomic E-state index is 9.82. The molecule has 8 heteroatoms. The maximum Gasteiger partial charge on any atom is 0.256 e. The highest BCUT2D eigenvalue weighted by molar-refractivity contribution is 5.45. The molecule has 8 nitrogen and oxygen atoms in total. The molecule has 2 saturated carbocycles. The molecule has 1 heterocycles. The van der Waals surface area contributed by atoms with Gasteiger partial charge >= 0.3 is 0 Å². The van der Waals surface area contributed by atoms with Gasteiger partial charge in [-0.2, -0.15) is 15.0 Å². The van der Waals surface area contributed by atoms with E-state index in [4.69, 9.17) is 0 Å². The van der Waals surface area contributed by atoms with Crippen LogP contribution in [0.1, 0.15) is 64.2 Å². The summed E-state index contributed by atoms with van der Waals surface area (Å²) in [4.78, 5) is 15.5. The molecule has 0 bridgehead atoms. The summed E-state index contributed by atoms with van der Waals surface area (Å²) >= 11 is 0. The first-order chi connectivity index (χ1) is 12.1. The molecule has 1 aromatic rings. The highest BCUT2D eigenvalue weighted by atomic mass is 16.5. The topological polar surface area (TPSA) is 88.8 Å². The van der Waals surface area contributed by atoms with Crippen LogP contribution in [0.2, 0.25) is 0 Å². The molecule has 0 radical (unpaired) electrons. The number of hydrogen-bond acceptors (Lipinski definition) is 8. The fourth-order valence-corrected chi connectivity index (χ4v) is 4.09. The average molecular weight is 350 g/mol. The molecule has 2 fully saturated rings. The van der Waals surface area contributed by atoms with Gasteiger partial charge < -0.3 is 4.90 Å². The van der Waals surface area contributed by atoms with Crippen molar-refractivity contribution in [2.24, 2.45) is 0 Å². The van der Waals surface area contributed by atoms with E-state index in [9.17, 15) is 10.4 Å². The third-order valence-corrected chi connectivity index (χ3v) is 5.35. The summed E-state index contributed by atoms with van der Waals surface area (Å²) < 4.78 is 0. The van der Waals surface area contributed by atoms with Gasteiger partial charge in [-0.05, 0) is 25.7 Å². The predicted molar refractivity (Wildman–Crippen MR) is 96.4 cm³/mol. The molecule has 2 N–H and O–H groups in total. The lowest BCUT2D eigenvalue weighted by Gasteiger charge is -2.42. The third-order valence-electron chi connectivity index (χ3n) is 5.35. The number of hydrogen-bond donors (Lipinski definition) is 2. The molecule has 2 aliphatic rings. The van der Waals surface area contributed by atoms with E-state index in [1.165, 1.54) is 52.6 Å². The van der Waals surface area contributed by atoms with Gasteiger partial charge in [-0.25, -0.2) is 10.1 Å². The molecule has 2 aliphatic carbocycles. The predicted octanol–water partition coefficient (Wildman–Crippen LogP) is 2.99. The Morgan fingerprint density at radius 1 is 0.640 bits per heavy atom. The van der Waals surface area contributed by atoms with E-state index in [0.717, 1.165) is 35.8 Å². The Morgan fingerprint density at radius 2 is 1.00 bits per heavy atom. The van der Waals surface area contributed by atoms with Crippen molar-refractivity contribution in [2.45, 2.75) is 76.3 Å². The standard InChI is InChI=1S/C17H30N6O2/c1-21(24)15-18-16(22(2)25)20-17(19-15)23(13-9-5-3-6-10-13)14-11-7-4-8-12-14/h13-14,24-25H,3-12H2,1-2H3. The summed E-state index contributed by atoms with van der Waals surface area (Å²) in [5.74, 6) is 0.871. The molecule has 25 heavy (non-hydrogen) atoms. The molecule has 1 aromatic heterocycles. The Kier molecular flexibility index (Phi) is 5.90. The first-order valence-corrected chi connectivity index (χ1v) is 9.46. The first-order valence-electron chi connectivity index (χ1n) is 9.46. The van der Waals surface area contributed by atoms with Crippen LogP contribution in [0.4, 0.5) is 17.8 Å². The van der Waals surface area contributed by atoms with E-state index in [1.54, 1.807) is 0 Å². The number of nitrogens with zero attached hydrogens (tertiary/aromatic N) is 6. The Hall–Kier alpha value is -1.67. The summed E-state index contributed by atoms with van der Waals surface area (Å²) in [5.41, 5.74) is 0. The Labute approximate surface area is 149 Å². The van der Waals surface area contributed by atoms with Gasteiger partial charge in [0.15, 0.2) is 0 Å². The van der Waals surface area contributed by atoms with Crippen LogP contribution in [-0.4, -0.2) is 51.5 Å². The second-order valence-electron chi connectivity index (χ2n) is 7.27. The molecular formula is C17H30N6O2. The number of rotatable bonds is 5. The third kappa shape index (κ3) is 4.30. The summed E-state index contributed by atoms with van der Waals surface area (Å²) in [7, 11) is 2.96. The molecule has 0 aliphatic heterocycles. The molecule has 3 rings (SSSR count). The van der Waals surface area contributed by atoms with Gasteiger partial charge in [0.05, 0.1) is 0 Å². The molecule has 0 amide bonds. The fourth-order valence-electron chi connectivity index (χ4n) is 4.09. The molecule has 0 unspecified atom stereocenters. The zero-order valence-electron chi connectivity index (χ0n) is 15.3. The number of anilines is 3. The highest BCUT2D eigenvalue weighted by Crippen LogP contribution is 2.33. The van der Waals surface area contributed by atoms with Gasteiger partial charge in [0.2, 0.25) is 5.95 Å². The lowest BCUT2D eigenvalue weighted by molar-refractivity contribution is 0.262. The minimum absolute atomic E-state index is 0.150. The van der Waals surface area contributed by atoms with E-state index in [1.807, 2.05) is 0 Å². The van der Waals surface area contributed by atoms with Gasteiger partial charge in [0, 0.05) is 26.2 Å². The fraction of sp³-hybridized carbons (Fsp3) is 0.824. The van der Waals surface area contributed by atoms with E-state index < -0.39 is 0 Å². The van der Waals surface area contributed by atoms with E-state index in [0.29, 0.717) is 18.0 Å². The Bertz CT molecular complexity index is 512. The molecule has 140 valence electrons. The lowest BCUT2D eigenvalue weighted by atomic mass is 9.89. The van der Waals surface area contributed by atoms with Crippen molar-refractivity contribution in [2.75, 3.05) is 29.1 Å². The first kappa shape index (κ1) is 18.1. The molecule has 0 spiro atoms. The van der Waals surface area contributed by atoms with Crippen LogP contribution in [0, 0.1) is 0 Å². The van der Waals surface area contributed by atoms with Gasteiger partial charge in [0.25, 0.3) is 11.9 Å². The summed E-state index contributed by atoms with van der Waals surface area (Å²) in [6.45, 7) is 0. The van der Waals surface area contributed by atoms with Gasteiger partial charge in [-0.3, -0.25) is 10.4 Å². The summed E-state index contributed by atoms with van der Waals surface area (Å²) in [6.07, 6.45) is 12.1. The smallest absolute Gasteiger partial charge is 0.256 e. The quantitative estimate of drug-likeness (QED) is 0.784. The zero-order valence-corrected chi connectivity index (χ0v) is 15.3. The van der Waals surface area contributed by atoms with E-state index >= 15 is 0 Å². The zero-order chi connectivity index (χ0) is 17.8. The molecule has 0 atom stereocenters. The lowest BCUT2D eigenvalue weighted by Crippen LogP contribution is -2.46. The minimum atomic E-state index is 0.150.